The van der Waals surface area contributed by atoms with E-state index in [0.29, 0.717) is 0 Å². The lowest BCUT2D eigenvalue weighted by Crippen LogP contribution is -1.98. The van der Waals surface area contributed by atoms with Crippen LogP contribution in [0.5, 0.6) is 0 Å². The van der Waals surface area contributed by atoms with Gasteiger partial charge in [0.05, 0.1) is 27.6 Å². The van der Waals surface area contributed by atoms with E-state index in [0.717, 1.165) is 27.9 Å². The first-order valence-electron chi connectivity index (χ1n) is 14.7. The molecule has 0 aliphatic rings. The average Bonchev–Trinajstić information content (AvgIpc) is 3.78. The number of benzene rings is 6. The largest absolute Gasteiger partial charge is 0.307 e. The molecule has 0 saturated carbocycles. The number of nitrogens with zero attached hydrogens (tertiary/aromatic N) is 4. The number of pyridine rings is 1. The van der Waals surface area contributed by atoms with Gasteiger partial charge in [-0.15, -0.1) is 0 Å². The number of aromatic nitrogens is 4. The molecule has 0 spiro atoms. The topological polar surface area (TPSA) is 27.2 Å². The second-order valence-electron chi connectivity index (χ2n) is 11.3. The first-order valence-corrected chi connectivity index (χ1v) is 14.7. The van der Waals surface area contributed by atoms with E-state index in [1.165, 1.54) is 54.4 Å². The number of imidazole rings is 1. The van der Waals surface area contributed by atoms with Gasteiger partial charge in [0, 0.05) is 56.1 Å². The van der Waals surface area contributed by atoms with Crippen molar-refractivity contribution < 1.29 is 0 Å². The molecule has 10 aromatic rings. The molecule has 0 bridgehead atoms. The SMILES string of the molecule is c1ccc(-n2c3ccccc3c3ccc4c5cc6c(cc5n(-c5ccccc5)c4c32)c2ccccc2c2nccn62)cc1. The zero-order valence-corrected chi connectivity index (χ0v) is 23.1. The van der Waals surface area contributed by atoms with Crippen LogP contribution in [0.2, 0.25) is 0 Å². The zero-order chi connectivity index (χ0) is 28.1. The summed E-state index contributed by atoms with van der Waals surface area (Å²) in [6.45, 7) is 0. The molecule has 6 aromatic carbocycles. The maximum absolute atomic E-state index is 4.76. The Morgan fingerprint density at radius 3 is 1.65 bits per heavy atom. The van der Waals surface area contributed by atoms with Crippen LogP contribution in [0.4, 0.5) is 0 Å². The minimum Gasteiger partial charge on any atom is -0.307 e. The highest BCUT2D eigenvalue weighted by molar-refractivity contribution is 6.26. The van der Waals surface area contributed by atoms with Crippen LogP contribution in [0.1, 0.15) is 0 Å². The van der Waals surface area contributed by atoms with E-state index in [4.69, 9.17) is 4.98 Å². The Bertz CT molecular complexity index is 2710. The van der Waals surface area contributed by atoms with Crippen molar-refractivity contribution in [3.8, 4) is 11.4 Å². The minimum atomic E-state index is 0.987. The second kappa shape index (κ2) is 8.34. The number of fused-ring (bicyclic) bond motifs is 13. The van der Waals surface area contributed by atoms with Gasteiger partial charge in [-0.2, -0.15) is 0 Å². The van der Waals surface area contributed by atoms with Crippen molar-refractivity contribution >= 4 is 70.9 Å². The smallest absolute Gasteiger partial charge is 0.145 e. The molecule has 4 aromatic heterocycles. The van der Waals surface area contributed by atoms with Crippen LogP contribution < -0.4 is 0 Å². The summed E-state index contributed by atoms with van der Waals surface area (Å²) >= 11 is 0. The predicted molar refractivity (Wildman–Crippen MR) is 179 cm³/mol. The second-order valence-corrected chi connectivity index (χ2v) is 11.3. The molecule has 0 N–H and O–H groups in total. The third-order valence-electron chi connectivity index (χ3n) is 9.07. The van der Waals surface area contributed by atoms with Crippen molar-refractivity contribution in [3.63, 3.8) is 0 Å². The van der Waals surface area contributed by atoms with Crippen molar-refractivity contribution in [2.24, 2.45) is 0 Å². The summed E-state index contributed by atoms with van der Waals surface area (Å²) in [5, 5.41) is 8.55. The quantitative estimate of drug-likeness (QED) is 0.198. The summed E-state index contributed by atoms with van der Waals surface area (Å²) in [4.78, 5) is 4.76. The van der Waals surface area contributed by atoms with Crippen molar-refractivity contribution in [1.29, 1.82) is 0 Å². The molecule has 0 fully saturated rings. The van der Waals surface area contributed by atoms with E-state index < -0.39 is 0 Å². The molecule has 0 saturated heterocycles. The monoisotopic (exact) mass is 548 g/mol. The highest BCUT2D eigenvalue weighted by Gasteiger charge is 2.22. The fraction of sp³-hybridized carbons (Fsp3) is 0. The lowest BCUT2D eigenvalue weighted by molar-refractivity contribution is 1.15. The van der Waals surface area contributed by atoms with Gasteiger partial charge in [-0.1, -0.05) is 91.0 Å². The predicted octanol–water partition coefficient (Wildman–Crippen LogP) is 9.83. The fourth-order valence-corrected chi connectivity index (χ4v) is 7.30. The van der Waals surface area contributed by atoms with Gasteiger partial charge in [0.2, 0.25) is 0 Å². The van der Waals surface area contributed by atoms with Crippen LogP contribution in [0, 0.1) is 0 Å². The van der Waals surface area contributed by atoms with Crippen molar-refractivity contribution in [2.75, 3.05) is 0 Å². The third-order valence-corrected chi connectivity index (χ3v) is 9.07. The maximum Gasteiger partial charge on any atom is 0.145 e. The normalized spacial score (nSPS) is 12.2. The van der Waals surface area contributed by atoms with Gasteiger partial charge >= 0.3 is 0 Å². The minimum absolute atomic E-state index is 0.987. The molecule has 0 radical (unpaired) electrons. The lowest BCUT2D eigenvalue weighted by atomic mass is 10.0. The van der Waals surface area contributed by atoms with Crippen molar-refractivity contribution in [1.82, 2.24) is 18.5 Å². The van der Waals surface area contributed by atoms with Gasteiger partial charge in [-0.25, -0.2) is 4.98 Å². The van der Waals surface area contributed by atoms with Gasteiger partial charge < -0.3 is 9.13 Å². The van der Waals surface area contributed by atoms with E-state index in [1.807, 2.05) is 6.20 Å². The number of hydrogen-bond acceptors (Lipinski definition) is 1. The molecule has 0 aliphatic carbocycles. The molecular formula is C39H24N4. The van der Waals surface area contributed by atoms with E-state index in [9.17, 15) is 0 Å². The van der Waals surface area contributed by atoms with E-state index in [1.54, 1.807) is 0 Å². The summed E-state index contributed by atoms with van der Waals surface area (Å²) in [5.74, 6) is 0. The van der Waals surface area contributed by atoms with E-state index in [2.05, 4.69) is 153 Å². The molecule has 10 rings (SSSR count). The molecular weight excluding hydrogens is 524 g/mol. The maximum atomic E-state index is 4.76. The van der Waals surface area contributed by atoms with Crippen LogP contribution in [0.3, 0.4) is 0 Å². The third kappa shape index (κ3) is 2.97. The summed E-state index contributed by atoms with van der Waals surface area (Å²) in [7, 11) is 0. The molecule has 0 unspecified atom stereocenters. The van der Waals surface area contributed by atoms with Crippen molar-refractivity contribution in [2.45, 2.75) is 0 Å². The summed E-state index contributed by atoms with van der Waals surface area (Å²) < 4.78 is 7.15. The van der Waals surface area contributed by atoms with Crippen molar-refractivity contribution in [3.05, 3.63) is 146 Å². The van der Waals surface area contributed by atoms with E-state index in [-0.39, 0.29) is 0 Å². The summed E-state index contributed by atoms with van der Waals surface area (Å²) in [6, 6.07) is 48.3. The van der Waals surface area contributed by atoms with Gasteiger partial charge in [-0.05, 0) is 47.9 Å². The number of hydrogen-bond donors (Lipinski definition) is 0. The first kappa shape index (κ1) is 22.8. The molecule has 4 nitrogen and oxygen atoms in total. The first-order chi connectivity index (χ1) is 21.4. The average molecular weight is 549 g/mol. The summed E-state index contributed by atoms with van der Waals surface area (Å²) in [6.07, 6.45) is 3.98. The van der Waals surface area contributed by atoms with E-state index >= 15 is 0 Å². The Kier molecular flexibility index (Phi) is 4.42. The Morgan fingerprint density at radius 1 is 0.395 bits per heavy atom. The standard InChI is InChI=1S/C39H24N4/c1-3-11-25(12-4-1)42-34-18-10-9-16-28(34)29-19-20-30-33-23-35-32(27-15-7-8-17-31(27)39-40-21-22-41(35)39)24-36(33)43(38(30)37(29)42)26-13-5-2-6-14-26/h1-24H. The number of para-hydroxylation sites is 3. The lowest BCUT2D eigenvalue weighted by Gasteiger charge is -2.13. The number of rotatable bonds is 2. The van der Waals surface area contributed by atoms with Crippen LogP contribution in [0.25, 0.3) is 82.3 Å². The van der Waals surface area contributed by atoms with Crippen LogP contribution in [0.15, 0.2) is 146 Å². The molecule has 200 valence electrons. The highest BCUT2D eigenvalue weighted by atomic mass is 15.0. The highest BCUT2D eigenvalue weighted by Crippen LogP contribution is 2.43. The summed E-state index contributed by atoms with van der Waals surface area (Å²) in [5.41, 5.74) is 9.27. The molecule has 0 aliphatic heterocycles. The van der Waals surface area contributed by atoms with Crippen LogP contribution >= 0.6 is 0 Å². The Labute approximate surface area is 246 Å². The van der Waals surface area contributed by atoms with Gasteiger partial charge in [0.15, 0.2) is 0 Å². The zero-order valence-electron chi connectivity index (χ0n) is 23.1. The molecule has 0 atom stereocenters. The molecule has 0 amide bonds. The molecule has 43 heavy (non-hydrogen) atoms. The van der Waals surface area contributed by atoms with Crippen LogP contribution in [-0.4, -0.2) is 18.5 Å². The van der Waals surface area contributed by atoms with Gasteiger partial charge in [0.1, 0.15) is 5.65 Å². The van der Waals surface area contributed by atoms with Gasteiger partial charge in [-0.3, -0.25) is 4.40 Å². The Balaban J connectivity index is 1.50. The van der Waals surface area contributed by atoms with Crippen LogP contribution in [-0.2, 0) is 0 Å². The Morgan fingerprint density at radius 2 is 0.930 bits per heavy atom. The Hall–Kier alpha value is -5.87. The fourth-order valence-electron chi connectivity index (χ4n) is 7.30. The van der Waals surface area contributed by atoms with Gasteiger partial charge in [0.25, 0.3) is 0 Å². The molecule has 4 heterocycles. The molecule has 4 heteroatoms.